The highest BCUT2D eigenvalue weighted by Crippen LogP contribution is 2.27. The van der Waals surface area contributed by atoms with Crippen LogP contribution in [0.5, 0.6) is 11.5 Å². The van der Waals surface area contributed by atoms with Gasteiger partial charge in [-0.2, -0.15) is 5.10 Å². The van der Waals surface area contributed by atoms with E-state index in [4.69, 9.17) is 14.2 Å². The van der Waals surface area contributed by atoms with E-state index < -0.39 is 5.97 Å². The van der Waals surface area contributed by atoms with Gasteiger partial charge < -0.3 is 18.8 Å². The zero-order chi connectivity index (χ0) is 21.5. The number of rotatable bonds is 8. The van der Waals surface area contributed by atoms with Crippen LogP contribution in [0.4, 0.5) is 0 Å². The molecule has 0 bridgehead atoms. The van der Waals surface area contributed by atoms with Crippen molar-refractivity contribution in [3.63, 3.8) is 0 Å². The van der Waals surface area contributed by atoms with Crippen molar-refractivity contribution >= 4 is 33.7 Å². The van der Waals surface area contributed by atoms with Gasteiger partial charge in [-0.05, 0) is 42.8 Å². The molecule has 0 aliphatic rings. The number of hydrogen-bond acceptors (Lipinski definition) is 7. The summed E-state index contributed by atoms with van der Waals surface area (Å²) in [4.78, 5) is 12.2. The van der Waals surface area contributed by atoms with Crippen molar-refractivity contribution in [3.8, 4) is 11.5 Å². The molecule has 0 fully saturated rings. The quantitative estimate of drug-likeness (QED) is 0.181. The lowest BCUT2D eigenvalue weighted by Gasteiger charge is -2.11. The number of hydrogen-bond donors (Lipinski definition) is 0. The molecule has 0 saturated carbocycles. The van der Waals surface area contributed by atoms with Gasteiger partial charge in [-0.1, -0.05) is 30.0 Å². The molecule has 0 unspecified atom stereocenters. The number of esters is 1. The largest absolute Gasteiger partial charge is 0.493 e. The van der Waals surface area contributed by atoms with E-state index in [0.717, 1.165) is 20.6 Å². The molecule has 1 aromatic heterocycles. The third-order valence-electron chi connectivity index (χ3n) is 4.18. The number of thiazole rings is 1. The number of para-hydroxylation sites is 1. The van der Waals surface area contributed by atoms with Gasteiger partial charge in [-0.25, -0.2) is 4.79 Å². The summed E-state index contributed by atoms with van der Waals surface area (Å²) in [5.74, 6) is 0.666. The first-order chi connectivity index (χ1) is 14.5. The van der Waals surface area contributed by atoms with Crippen LogP contribution in [0.1, 0.15) is 12.5 Å². The van der Waals surface area contributed by atoms with Gasteiger partial charge in [0.25, 0.3) is 0 Å². The summed E-state index contributed by atoms with van der Waals surface area (Å²) in [6.07, 6.45) is 1.66. The van der Waals surface area contributed by atoms with Gasteiger partial charge in [0.1, 0.15) is 13.2 Å². The lowest BCUT2D eigenvalue weighted by atomic mass is 10.2. The van der Waals surface area contributed by atoms with Crippen LogP contribution < -0.4 is 14.3 Å². The highest BCUT2D eigenvalue weighted by molar-refractivity contribution is 7.16. The summed E-state index contributed by atoms with van der Waals surface area (Å²) in [6.45, 7) is 5.47. The third-order valence-corrected chi connectivity index (χ3v) is 5.28. The molecule has 0 aliphatic carbocycles. The van der Waals surface area contributed by atoms with E-state index in [-0.39, 0.29) is 13.2 Å². The van der Waals surface area contributed by atoms with Gasteiger partial charge in [0.05, 0.1) is 23.5 Å². The minimum absolute atomic E-state index is 0.128. The molecular formula is C22H23N3O4S. The molecular weight excluding hydrogens is 402 g/mol. The van der Waals surface area contributed by atoms with E-state index in [1.807, 2.05) is 29.8 Å². The third kappa shape index (κ3) is 5.15. The van der Waals surface area contributed by atoms with Crippen LogP contribution in [0.2, 0.25) is 0 Å². The number of fused-ring (bicyclic) bond motifs is 1. The average Bonchev–Trinajstić information content (AvgIpc) is 3.07. The molecule has 0 radical (unpaired) electrons. The summed E-state index contributed by atoms with van der Waals surface area (Å²) < 4.78 is 19.2. The fraction of sp³-hybridized carbons (Fsp3) is 0.227. The predicted octanol–water partition coefficient (Wildman–Crippen LogP) is 3.68. The fourth-order valence-corrected chi connectivity index (χ4v) is 3.59. The molecule has 3 aromatic rings. The van der Waals surface area contributed by atoms with E-state index in [9.17, 15) is 4.79 Å². The number of aromatic nitrogens is 1. The van der Waals surface area contributed by atoms with Gasteiger partial charge in [0, 0.05) is 12.6 Å². The monoisotopic (exact) mass is 425 g/mol. The summed E-state index contributed by atoms with van der Waals surface area (Å²) in [5.41, 5.74) is 2.29. The maximum atomic E-state index is 11.4. The number of methoxy groups -OCH3 is 1. The zero-order valence-corrected chi connectivity index (χ0v) is 17.9. The van der Waals surface area contributed by atoms with Crippen molar-refractivity contribution in [2.24, 2.45) is 17.3 Å². The second kappa shape index (κ2) is 9.89. The van der Waals surface area contributed by atoms with Crippen LogP contribution in [-0.2, 0) is 16.6 Å². The Hall–Kier alpha value is -3.39. The van der Waals surface area contributed by atoms with Gasteiger partial charge in [0.15, 0.2) is 11.5 Å². The predicted molar refractivity (Wildman–Crippen MR) is 118 cm³/mol. The minimum atomic E-state index is -0.437. The molecule has 1 heterocycles. The van der Waals surface area contributed by atoms with Crippen molar-refractivity contribution < 1.29 is 19.0 Å². The smallest absolute Gasteiger partial charge is 0.333 e. The van der Waals surface area contributed by atoms with Crippen molar-refractivity contribution in [3.05, 3.63) is 65.0 Å². The lowest BCUT2D eigenvalue weighted by Crippen LogP contribution is -2.12. The molecule has 0 spiro atoms. The van der Waals surface area contributed by atoms with Crippen LogP contribution in [0.25, 0.3) is 10.2 Å². The van der Waals surface area contributed by atoms with Crippen molar-refractivity contribution in [2.45, 2.75) is 6.92 Å². The number of aryl methyl sites for hydroxylation is 1. The molecule has 0 amide bonds. The standard InChI is InChI=1S/C22H23N3O4S/c1-15(2)21(26)29-12-11-28-18-10-9-16(13-19(18)27-4)14-23-24-22-25(3)17-7-5-6-8-20(17)30-22/h5-10,13-14H,1,11-12H2,2-4H3. The molecule has 3 rings (SSSR count). The summed E-state index contributed by atoms with van der Waals surface area (Å²) in [5, 5.41) is 8.54. The molecule has 0 aliphatic heterocycles. The molecule has 7 nitrogen and oxygen atoms in total. The topological polar surface area (TPSA) is 74.4 Å². The number of carbonyl (C=O) groups excluding carboxylic acids is 1. The first-order valence-corrected chi connectivity index (χ1v) is 10.1. The first-order valence-electron chi connectivity index (χ1n) is 9.24. The van der Waals surface area contributed by atoms with Gasteiger partial charge in [0.2, 0.25) is 4.80 Å². The highest BCUT2D eigenvalue weighted by atomic mass is 32.1. The lowest BCUT2D eigenvalue weighted by molar-refractivity contribution is -0.139. The Morgan fingerprint density at radius 1 is 1.20 bits per heavy atom. The van der Waals surface area contributed by atoms with Crippen molar-refractivity contribution in [2.75, 3.05) is 20.3 Å². The number of nitrogens with zero attached hydrogens (tertiary/aromatic N) is 3. The minimum Gasteiger partial charge on any atom is -0.493 e. The average molecular weight is 426 g/mol. The van der Waals surface area contributed by atoms with Gasteiger partial charge >= 0.3 is 5.97 Å². The van der Waals surface area contributed by atoms with E-state index in [1.54, 1.807) is 43.7 Å². The second-order valence-electron chi connectivity index (χ2n) is 6.43. The van der Waals surface area contributed by atoms with Gasteiger partial charge in [-0.15, -0.1) is 5.10 Å². The Kier molecular flexibility index (Phi) is 7.03. The van der Waals surface area contributed by atoms with Crippen molar-refractivity contribution in [1.29, 1.82) is 0 Å². The Balaban J connectivity index is 1.67. The SMILES string of the molecule is C=C(C)C(=O)OCCOc1ccc(C=NN=c2sc3ccccc3n2C)cc1OC. The first kappa shape index (κ1) is 21.3. The van der Waals surface area contributed by atoms with Crippen LogP contribution in [0.3, 0.4) is 0 Å². The van der Waals surface area contributed by atoms with Crippen LogP contribution in [0, 0.1) is 0 Å². The number of benzene rings is 2. The van der Waals surface area contributed by atoms with E-state index >= 15 is 0 Å². The Bertz CT molecular complexity index is 1160. The van der Waals surface area contributed by atoms with E-state index in [0.29, 0.717) is 17.1 Å². The molecule has 0 N–H and O–H groups in total. The van der Waals surface area contributed by atoms with E-state index in [1.165, 1.54) is 0 Å². The number of carbonyl (C=O) groups is 1. The molecule has 8 heteroatoms. The molecule has 2 aromatic carbocycles. The fourth-order valence-electron chi connectivity index (χ4n) is 2.62. The van der Waals surface area contributed by atoms with E-state index in [2.05, 4.69) is 28.9 Å². The highest BCUT2D eigenvalue weighted by Gasteiger charge is 2.07. The van der Waals surface area contributed by atoms with Crippen LogP contribution in [-0.4, -0.2) is 37.1 Å². The maximum Gasteiger partial charge on any atom is 0.333 e. The zero-order valence-electron chi connectivity index (χ0n) is 17.1. The maximum absolute atomic E-state index is 11.4. The number of ether oxygens (including phenoxy) is 3. The van der Waals surface area contributed by atoms with Gasteiger partial charge in [-0.3, -0.25) is 0 Å². The summed E-state index contributed by atoms with van der Waals surface area (Å²) in [6, 6.07) is 13.6. The normalized spacial score (nSPS) is 11.8. The second-order valence-corrected chi connectivity index (χ2v) is 7.44. The van der Waals surface area contributed by atoms with Crippen LogP contribution >= 0.6 is 11.3 Å². The molecule has 30 heavy (non-hydrogen) atoms. The Labute approximate surface area is 178 Å². The Morgan fingerprint density at radius 2 is 2.00 bits per heavy atom. The summed E-state index contributed by atoms with van der Waals surface area (Å²) >= 11 is 1.58. The molecule has 156 valence electrons. The van der Waals surface area contributed by atoms with Crippen molar-refractivity contribution in [1.82, 2.24) is 4.57 Å². The Morgan fingerprint density at radius 3 is 2.73 bits per heavy atom. The molecule has 0 atom stereocenters. The summed E-state index contributed by atoms with van der Waals surface area (Å²) in [7, 11) is 3.53. The van der Waals surface area contributed by atoms with Crippen LogP contribution in [0.15, 0.2) is 64.8 Å². The molecule has 0 saturated heterocycles.